The topological polar surface area (TPSA) is 76.4 Å². The number of anilines is 2. The van der Waals surface area contributed by atoms with Crippen LogP contribution in [0, 0.1) is 5.92 Å². The van der Waals surface area contributed by atoms with Gasteiger partial charge in [-0.1, -0.05) is 56.3 Å². The Morgan fingerprint density at radius 2 is 1.79 bits per heavy atom. The molecule has 4 nitrogen and oxygen atoms in total. The summed E-state index contributed by atoms with van der Waals surface area (Å²) in [4.78, 5) is 4.45. The Balaban J connectivity index is 0.00000280. The van der Waals surface area contributed by atoms with Crippen molar-refractivity contribution in [3.63, 3.8) is 0 Å². The van der Waals surface area contributed by atoms with Gasteiger partial charge in [0.05, 0.1) is 11.4 Å². The van der Waals surface area contributed by atoms with Crippen molar-refractivity contribution in [2.24, 2.45) is 16.6 Å². The maximum absolute atomic E-state index is 6.24. The number of nitrogens with zero attached hydrogens (tertiary/aromatic N) is 1. The fourth-order valence-corrected chi connectivity index (χ4v) is 3.05. The van der Waals surface area contributed by atoms with Gasteiger partial charge < -0.3 is 16.8 Å². The molecule has 28 heavy (non-hydrogen) atoms. The highest BCUT2D eigenvalue weighted by molar-refractivity contribution is 5.99. The molecule has 5 N–H and O–H groups in total. The first-order valence-electron chi connectivity index (χ1n) is 9.45. The Bertz CT molecular complexity index is 945. The highest BCUT2D eigenvalue weighted by atomic mass is 35.5. The van der Waals surface area contributed by atoms with Gasteiger partial charge in [0, 0.05) is 18.7 Å². The van der Waals surface area contributed by atoms with E-state index in [0.29, 0.717) is 24.0 Å². The lowest BCUT2D eigenvalue weighted by atomic mass is 10.0. The van der Waals surface area contributed by atoms with Crippen LogP contribution in [-0.2, 0) is 6.54 Å². The molecule has 0 spiro atoms. The molecule has 0 radical (unpaired) electrons. The Hall–Kier alpha value is -2.72. The standard InChI is InChI=1S/C23H28N4.ClH/c1-16(2)12-13-26-23(25)18-10-11-22(21(24)14-18)27-15-19-8-5-7-17-6-3-4-9-20(17)19;/h3-11,14,16,27H,12-13,15,24H2,1-2H3,(H2,25,26);1H. The smallest absolute Gasteiger partial charge is 0.125 e. The first-order valence-corrected chi connectivity index (χ1v) is 9.45. The lowest BCUT2D eigenvalue weighted by Crippen LogP contribution is -2.15. The van der Waals surface area contributed by atoms with Crippen molar-refractivity contribution in [2.75, 3.05) is 17.6 Å². The van der Waals surface area contributed by atoms with Crippen molar-refractivity contribution in [3.05, 3.63) is 71.8 Å². The fraction of sp³-hybridized carbons (Fsp3) is 0.261. The van der Waals surface area contributed by atoms with E-state index in [-0.39, 0.29) is 12.4 Å². The van der Waals surface area contributed by atoms with Crippen LogP contribution in [0.4, 0.5) is 11.4 Å². The number of benzene rings is 3. The molecule has 0 atom stereocenters. The molecular formula is C23H29ClN4. The molecule has 0 aromatic heterocycles. The molecule has 0 unspecified atom stereocenters. The zero-order valence-electron chi connectivity index (χ0n) is 16.5. The van der Waals surface area contributed by atoms with Crippen molar-refractivity contribution in [3.8, 4) is 0 Å². The third-order valence-electron chi connectivity index (χ3n) is 4.69. The van der Waals surface area contributed by atoms with Gasteiger partial charge in [0.15, 0.2) is 0 Å². The van der Waals surface area contributed by atoms with Gasteiger partial charge in [0.25, 0.3) is 0 Å². The lowest BCUT2D eigenvalue weighted by molar-refractivity contribution is 0.597. The summed E-state index contributed by atoms with van der Waals surface area (Å²) in [5.74, 6) is 1.16. The van der Waals surface area contributed by atoms with Crippen LogP contribution < -0.4 is 16.8 Å². The minimum atomic E-state index is 0. The van der Waals surface area contributed by atoms with E-state index < -0.39 is 0 Å². The Kier molecular flexibility index (Phi) is 7.70. The number of nitrogens with one attached hydrogen (secondary N) is 1. The largest absolute Gasteiger partial charge is 0.397 e. The summed E-state index contributed by atoms with van der Waals surface area (Å²) in [6.07, 6.45) is 1.03. The maximum atomic E-state index is 6.24. The summed E-state index contributed by atoms with van der Waals surface area (Å²) in [5, 5.41) is 5.94. The summed E-state index contributed by atoms with van der Waals surface area (Å²) < 4.78 is 0. The van der Waals surface area contributed by atoms with E-state index in [0.717, 1.165) is 24.2 Å². The van der Waals surface area contributed by atoms with Crippen LogP contribution in [-0.4, -0.2) is 12.4 Å². The fourth-order valence-electron chi connectivity index (χ4n) is 3.05. The monoisotopic (exact) mass is 396 g/mol. The number of amidine groups is 1. The molecule has 0 saturated carbocycles. The van der Waals surface area contributed by atoms with Gasteiger partial charge in [-0.2, -0.15) is 0 Å². The van der Waals surface area contributed by atoms with Gasteiger partial charge in [-0.15, -0.1) is 12.4 Å². The number of nitrogen functional groups attached to an aromatic ring is 1. The second kappa shape index (κ2) is 10.00. The molecule has 3 rings (SSSR count). The zero-order chi connectivity index (χ0) is 19.2. The van der Waals surface area contributed by atoms with E-state index in [1.54, 1.807) is 0 Å². The molecule has 5 heteroatoms. The third kappa shape index (κ3) is 5.40. The van der Waals surface area contributed by atoms with Gasteiger partial charge in [-0.05, 0) is 46.9 Å². The summed E-state index contributed by atoms with van der Waals surface area (Å²) in [6.45, 7) is 5.81. The second-order valence-corrected chi connectivity index (χ2v) is 7.24. The van der Waals surface area contributed by atoms with E-state index in [1.807, 2.05) is 18.2 Å². The van der Waals surface area contributed by atoms with E-state index in [9.17, 15) is 0 Å². The maximum Gasteiger partial charge on any atom is 0.125 e. The van der Waals surface area contributed by atoms with Crippen LogP contribution >= 0.6 is 12.4 Å². The molecule has 3 aromatic rings. The zero-order valence-corrected chi connectivity index (χ0v) is 17.3. The molecule has 0 amide bonds. The van der Waals surface area contributed by atoms with Crippen molar-refractivity contribution < 1.29 is 0 Å². The van der Waals surface area contributed by atoms with Crippen LogP contribution in [0.1, 0.15) is 31.4 Å². The molecule has 0 fully saturated rings. The Morgan fingerprint density at radius 1 is 1.04 bits per heavy atom. The highest BCUT2D eigenvalue weighted by Crippen LogP contribution is 2.23. The van der Waals surface area contributed by atoms with Crippen LogP contribution in [0.3, 0.4) is 0 Å². The number of rotatable bonds is 7. The van der Waals surface area contributed by atoms with Gasteiger partial charge in [0.2, 0.25) is 0 Å². The van der Waals surface area contributed by atoms with E-state index in [1.165, 1.54) is 16.3 Å². The average Bonchev–Trinajstić information content (AvgIpc) is 2.66. The highest BCUT2D eigenvalue weighted by Gasteiger charge is 2.06. The van der Waals surface area contributed by atoms with Gasteiger partial charge >= 0.3 is 0 Å². The van der Waals surface area contributed by atoms with Gasteiger partial charge in [-0.25, -0.2) is 0 Å². The van der Waals surface area contributed by atoms with E-state index in [4.69, 9.17) is 11.5 Å². The molecule has 0 heterocycles. The van der Waals surface area contributed by atoms with Gasteiger partial charge in [0.1, 0.15) is 5.84 Å². The molecule has 0 aliphatic rings. The summed E-state index contributed by atoms with van der Waals surface area (Å²) >= 11 is 0. The predicted octanol–water partition coefficient (Wildman–Crippen LogP) is 5.21. The van der Waals surface area contributed by atoms with Crippen molar-refractivity contribution in [2.45, 2.75) is 26.8 Å². The molecular weight excluding hydrogens is 368 g/mol. The minimum Gasteiger partial charge on any atom is -0.397 e. The van der Waals surface area contributed by atoms with Crippen LogP contribution in [0.25, 0.3) is 10.8 Å². The molecule has 0 aliphatic carbocycles. The number of halogens is 1. The van der Waals surface area contributed by atoms with Gasteiger partial charge in [-0.3, -0.25) is 4.99 Å². The second-order valence-electron chi connectivity index (χ2n) is 7.24. The Labute approximate surface area is 173 Å². The summed E-state index contributed by atoms with van der Waals surface area (Å²) in [6, 6.07) is 20.6. The molecule has 148 valence electrons. The van der Waals surface area contributed by atoms with Crippen LogP contribution in [0.15, 0.2) is 65.7 Å². The lowest BCUT2D eigenvalue weighted by Gasteiger charge is -2.13. The third-order valence-corrected chi connectivity index (χ3v) is 4.69. The minimum absolute atomic E-state index is 0. The first kappa shape index (κ1) is 21.6. The average molecular weight is 397 g/mol. The number of hydrogen-bond donors (Lipinski definition) is 3. The van der Waals surface area contributed by atoms with Crippen LogP contribution in [0.5, 0.6) is 0 Å². The van der Waals surface area contributed by atoms with E-state index >= 15 is 0 Å². The van der Waals surface area contributed by atoms with Crippen molar-refractivity contribution in [1.29, 1.82) is 0 Å². The molecule has 3 aromatic carbocycles. The van der Waals surface area contributed by atoms with Crippen LogP contribution in [0.2, 0.25) is 0 Å². The first-order chi connectivity index (χ1) is 13.0. The number of aliphatic imine (C=N–C) groups is 1. The predicted molar refractivity (Wildman–Crippen MR) is 124 cm³/mol. The normalized spacial score (nSPS) is 11.5. The number of nitrogens with two attached hydrogens (primary N) is 2. The number of hydrogen-bond acceptors (Lipinski definition) is 3. The molecule has 0 saturated heterocycles. The van der Waals surface area contributed by atoms with Crippen molar-refractivity contribution in [1.82, 2.24) is 0 Å². The number of fused-ring (bicyclic) bond motifs is 1. The van der Waals surface area contributed by atoms with E-state index in [2.05, 4.69) is 66.6 Å². The Morgan fingerprint density at radius 3 is 2.54 bits per heavy atom. The SMILES string of the molecule is CC(C)CCN=C(N)c1ccc(NCc2cccc3ccccc23)c(N)c1.Cl. The summed E-state index contributed by atoms with van der Waals surface area (Å²) in [5.41, 5.74) is 16.0. The quantitative estimate of drug-likeness (QED) is 0.291. The molecule has 0 aliphatic heterocycles. The molecule has 0 bridgehead atoms. The van der Waals surface area contributed by atoms with Crippen molar-refractivity contribution >= 4 is 40.4 Å². The summed E-state index contributed by atoms with van der Waals surface area (Å²) in [7, 11) is 0.